The molecule has 0 saturated carbocycles. The quantitative estimate of drug-likeness (QED) is 0.495. The van der Waals surface area contributed by atoms with Gasteiger partial charge in [0, 0.05) is 6.42 Å². The molecule has 0 radical (unpaired) electrons. The topological polar surface area (TPSA) is 99.4 Å². The van der Waals surface area contributed by atoms with Crippen molar-refractivity contribution in [1.29, 1.82) is 0 Å². The lowest BCUT2D eigenvalue weighted by Gasteiger charge is -2.40. The summed E-state index contributed by atoms with van der Waals surface area (Å²) in [7, 11) is 0. The molecule has 1 unspecified atom stereocenters. The van der Waals surface area contributed by atoms with Gasteiger partial charge in [0.25, 0.3) is 0 Å². The Kier molecular flexibility index (Phi) is 4.67. The molecular formula is C12H16O6S. The van der Waals surface area contributed by atoms with E-state index in [0.717, 1.165) is 0 Å². The summed E-state index contributed by atoms with van der Waals surface area (Å²) in [5, 5.41) is 38.1. The highest BCUT2D eigenvalue weighted by molar-refractivity contribution is 7.80. The van der Waals surface area contributed by atoms with E-state index in [1.165, 1.54) is 0 Å². The van der Waals surface area contributed by atoms with E-state index in [-0.39, 0.29) is 0 Å². The van der Waals surface area contributed by atoms with Gasteiger partial charge in [-0.05, 0) is 6.08 Å². The van der Waals surface area contributed by atoms with E-state index in [0.29, 0.717) is 17.0 Å². The normalized spacial score (nSPS) is 39.1. The first-order valence-corrected chi connectivity index (χ1v) is 6.32. The van der Waals surface area contributed by atoms with Crippen LogP contribution in [0.5, 0.6) is 0 Å². The summed E-state index contributed by atoms with van der Waals surface area (Å²) in [4.78, 5) is 0.555. The van der Waals surface area contributed by atoms with Crippen molar-refractivity contribution in [3.8, 4) is 0 Å². The summed E-state index contributed by atoms with van der Waals surface area (Å²) in [6.45, 7) is -0.492. The first kappa shape index (κ1) is 14.6. The minimum Gasteiger partial charge on any atom is -0.461 e. The van der Waals surface area contributed by atoms with Gasteiger partial charge < -0.3 is 29.9 Å². The Morgan fingerprint density at radius 1 is 1.26 bits per heavy atom. The van der Waals surface area contributed by atoms with Crippen LogP contribution < -0.4 is 0 Å². The smallest absolute Gasteiger partial charge is 0.229 e. The Labute approximate surface area is 115 Å². The van der Waals surface area contributed by atoms with Crippen molar-refractivity contribution in [3.05, 3.63) is 24.0 Å². The van der Waals surface area contributed by atoms with Crippen LogP contribution in [-0.2, 0) is 9.47 Å². The fraction of sp³-hybridized carbons (Fsp3) is 0.583. The zero-order valence-corrected chi connectivity index (χ0v) is 10.9. The van der Waals surface area contributed by atoms with Crippen LogP contribution in [0.1, 0.15) is 6.42 Å². The van der Waals surface area contributed by atoms with E-state index in [9.17, 15) is 15.3 Å². The minimum atomic E-state index is -1.45. The summed E-state index contributed by atoms with van der Waals surface area (Å²) in [6.07, 6.45) is -0.643. The number of aliphatic hydroxyl groups is 4. The Balaban J connectivity index is 2.08. The van der Waals surface area contributed by atoms with Crippen molar-refractivity contribution in [1.82, 2.24) is 0 Å². The van der Waals surface area contributed by atoms with Gasteiger partial charge >= 0.3 is 0 Å². The maximum Gasteiger partial charge on any atom is 0.229 e. The van der Waals surface area contributed by atoms with E-state index < -0.39 is 37.3 Å². The van der Waals surface area contributed by atoms with Gasteiger partial charge in [0.15, 0.2) is 0 Å². The van der Waals surface area contributed by atoms with Crippen molar-refractivity contribution in [2.24, 2.45) is 0 Å². The summed E-state index contributed by atoms with van der Waals surface area (Å²) in [5.74, 6) is 0.377. The van der Waals surface area contributed by atoms with E-state index in [2.05, 4.69) is 0 Å². The van der Waals surface area contributed by atoms with Crippen LogP contribution in [0.2, 0.25) is 0 Å². The van der Waals surface area contributed by atoms with Crippen molar-refractivity contribution in [2.45, 2.75) is 37.1 Å². The zero-order valence-electron chi connectivity index (χ0n) is 10.0. The third-order valence-corrected chi connectivity index (χ3v) is 3.42. The molecule has 19 heavy (non-hydrogen) atoms. The highest BCUT2D eigenvalue weighted by Crippen LogP contribution is 2.25. The van der Waals surface area contributed by atoms with Crippen LogP contribution in [0, 0.1) is 0 Å². The molecule has 5 atom stereocenters. The molecule has 1 fully saturated rings. The van der Waals surface area contributed by atoms with Crippen LogP contribution >= 0.6 is 12.2 Å². The molecule has 0 bridgehead atoms. The molecule has 1 aliphatic heterocycles. The van der Waals surface area contributed by atoms with E-state index in [1.807, 2.05) is 6.08 Å². The van der Waals surface area contributed by atoms with E-state index in [1.54, 1.807) is 12.2 Å². The summed E-state index contributed by atoms with van der Waals surface area (Å²) >= 11 is 5.10. The molecule has 0 aromatic carbocycles. The van der Waals surface area contributed by atoms with Gasteiger partial charge in [-0.3, -0.25) is 0 Å². The summed E-state index contributed by atoms with van der Waals surface area (Å²) < 4.78 is 10.6. The largest absolute Gasteiger partial charge is 0.461 e. The lowest BCUT2D eigenvalue weighted by Crippen LogP contribution is -2.59. The molecule has 7 heteroatoms. The van der Waals surface area contributed by atoms with Crippen LogP contribution in [-0.4, -0.2) is 62.6 Å². The molecule has 0 aromatic heterocycles. The molecule has 0 spiro atoms. The highest BCUT2D eigenvalue weighted by atomic mass is 32.1. The number of aliphatic hydroxyl groups excluding tert-OH is 4. The van der Waals surface area contributed by atoms with Crippen molar-refractivity contribution in [2.75, 3.05) is 6.61 Å². The number of rotatable bonds is 3. The second-order valence-corrected chi connectivity index (χ2v) is 4.89. The van der Waals surface area contributed by atoms with E-state index in [4.69, 9.17) is 26.8 Å². The molecule has 1 aliphatic carbocycles. The molecule has 0 amide bonds. The second-order valence-electron chi connectivity index (χ2n) is 4.40. The van der Waals surface area contributed by atoms with Gasteiger partial charge in [0.05, 0.1) is 11.5 Å². The molecule has 6 nitrogen and oxygen atoms in total. The average Bonchev–Trinajstić information content (AvgIpc) is 2.41. The number of hydrogen-bond acceptors (Lipinski definition) is 7. The third kappa shape index (κ3) is 3.02. The Hall–Kier alpha value is -0.830. The predicted octanol–water partition coefficient (Wildman–Crippen LogP) is -0.983. The number of hydrogen-bond donors (Lipinski definition) is 4. The molecule has 106 valence electrons. The van der Waals surface area contributed by atoms with Gasteiger partial charge in [-0.1, -0.05) is 24.4 Å². The molecule has 2 rings (SSSR count). The molecule has 0 aromatic rings. The van der Waals surface area contributed by atoms with Gasteiger partial charge in [0.1, 0.15) is 30.2 Å². The molecule has 4 N–H and O–H groups in total. The molecule has 2 aliphatic rings. The van der Waals surface area contributed by atoms with Crippen LogP contribution in [0.15, 0.2) is 24.0 Å². The van der Waals surface area contributed by atoms with Crippen molar-refractivity contribution < 1.29 is 29.9 Å². The summed E-state index contributed by atoms with van der Waals surface area (Å²) in [5.41, 5.74) is 0. The van der Waals surface area contributed by atoms with Crippen molar-refractivity contribution >= 4 is 17.1 Å². The molecule has 1 heterocycles. The first-order valence-electron chi connectivity index (χ1n) is 5.91. The summed E-state index contributed by atoms with van der Waals surface area (Å²) in [6, 6.07) is 0. The Morgan fingerprint density at radius 2 is 2.00 bits per heavy atom. The van der Waals surface area contributed by atoms with Gasteiger partial charge in [-0.2, -0.15) is 0 Å². The lowest BCUT2D eigenvalue weighted by atomic mass is 9.99. The van der Waals surface area contributed by atoms with Crippen molar-refractivity contribution in [3.63, 3.8) is 0 Å². The van der Waals surface area contributed by atoms with Gasteiger partial charge in [0.2, 0.25) is 6.29 Å². The standard InChI is InChI=1S/C12H16O6S/c13-5-7-9(14)10(15)11(16)12(18-7)17-6-3-1-2-4-8(6)19/h1-3,7,9-16H,4-5H2/t7-,9-,10+,11+,12?/m1/s1. The van der Waals surface area contributed by atoms with Crippen LogP contribution in [0.25, 0.3) is 0 Å². The number of ether oxygens (including phenoxy) is 2. The predicted molar refractivity (Wildman–Crippen MR) is 69.3 cm³/mol. The lowest BCUT2D eigenvalue weighted by molar-refractivity contribution is -0.289. The van der Waals surface area contributed by atoms with E-state index >= 15 is 0 Å². The molecular weight excluding hydrogens is 272 g/mol. The zero-order chi connectivity index (χ0) is 14.0. The maximum absolute atomic E-state index is 9.81. The molecule has 1 saturated heterocycles. The highest BCUT2D eigenvalue weighted by Gasteiger charge is 2.45. The Morgan fingerprint density at radius 3 is 2.63 bits per heavy atom. The fourth-order valence-corrected chi connectivity index (χ4v) is 2.13. The number of allylic oxidation sites excluding steroid dienone is 4. The Bertz CT molecular complexity index is 405. The van der Waals surface area contributed by atoms with Gasteiger partial charge in [-0.15, -0.1) is 0 Å². The third-order valence-electron chi connectivity index (χ3n) is 3.05. The number of thiocarbonyl (C=S) groups is 1. The second kappa shape index (κ2) is 6.08. The van der Waals surface area contributed by atoms with Gasteiger partial charge in [-0.25, -0.2) is 0 Å². The SMILES string of the molecule is OC[C@H]1OC(OC2=CC=CCC2=S)[C@@H](O)[C@@H](O)[C@@H]1O. The fourth-order valence-electron chi connectivity index (χ4n) is 1.92. The van der Waals surface area contributed by atoms with Crippen LogP contribution in [0.3, 0.4) is 0 Å². The van der Waals surface area contributed by atoms with Crippen LogP contribution in [0.4, 0.5) is 0 Å². The average molecular weight is 288 g/mol. The maximum atomic E-state index is 9.81. The monoisotopic (exact) mass is 288 g/mol. The minimum absolute atomic E-state index is 0.377. The first-order chi connectivity index (χ1) is 9.04.